The average molecular weight is 253 g/mol. The molecule has 0 bridgehead atoms. The Morgan fingerprint density at radius 3 is 2.78 bits per heavy atom. The summed E-state index contributed by atoms with van der Waals surface area (Å²) in [5, 5.41) is 6.68. The fourth-order valence-electron chi connectivity index (χ4n) is 3.21. The van der Waals surface area contributed by atoms with E-state index < -0.39 is 0 Å². The number of nitrogens with two attached hydrogens (primary N) is 1. The molecule has 1 amide bonds. The van der Waals surface area contributed by atoms with Crippen molar-refractivity contribution in [1.82, 2.24) is 10.6 Å². The molecule has 4 atom stereocenters. The Labute approximate surface area is 110 Å². The second-order valence-corrected chi connectivity index (χ2v) is 5.98. The lowest BCUT2D eigenvalue weighted by atomic mass is 9.85. The van der Waals surface area contributed by atoms with Crippen LogP contribution in [0.1, 0.15) is 51.9 Å². The van der Waals surface area contributed by atoms with Gasteiger partial charge in [0, 0.05) is 24.0 Å². The topological polar surface area (TPSA) is 67.2 Å². The van der Waals surface area contributed by atoms with Crippen molar-refractivity contribution in [1.29, 1.82) is 0 Å². The van der Waals surface area contributed by atoms with Crippen molar-refractivity contribution >= 4 is 5.91 Å². The molecule has 2 aliphatic rings. The van der Waals surface area contributed by atoms with Crippen molar-refractivity contribution in [2.75, 3.05) is 6.54 Å². The third kappa shape index (κ3) is 3.69. The Kier molecular flexibility index (Phi) is 5.01. The van der Waals surface area contributed by atoms with Gasteiger partial charge in [-0.25, -0.2) is 0 Å². The number of hydrogen-bond donors (Lipinski definition) is 3. The fraction of sp³-hybridized carbons (Fsp3) is 0.929. The van der Waals surface area contributed by atoms with Gasteiger partial charge in [0.1, 0.15) is 0 Å². The van der Waals surface area contributed by atoms with Gasteiger partial charge in [-0.15, -0.1) is 0 Å². The average Bonchev–Trinajstić information content (AvgIpc) is 2.39. The molecule has 4 N–H and O–H groups in total. The first-order valence-corrected chi connectivity index (χ1v) is 7.46. The molecule has 1 aliphatic heterocycles. The minimum absolute atomic E-state index is 0.139. The van der Waals surface area contributed by atoms with Crippen LogP contribution in [0.5, 0.6) is 0 Å². The summed E-state index contributed by atoms with van der Waals surface area (Å²) in [5.41, 5.74) is 5.94. The van der Waals surface area contributed by atoms with Crippen LogP contribution >= 0.6 is 0 Å². The molecule has 1 saturated carbocycles. The van der Waals surface area contributed by atoms with Crippen LogP contribution in [-0.2, 0) is 4.79 Å². The minimum atomic E-state index is 0.139. The predicted molar refractivity (Wildman–Crippen MR) is 73.2 cm³/mol. The quantitative estimate of drug-likeness (QED) is 0.707. The summed E-state index contributed by atoms with van der Waals surface area (Å²) >= 11 is 0. The molecule has 0 aromatic heterocycles. The third-order valence-electron chi connectivity index (χ3n) is 4.41. The van der Waals surface area contributed by atoms with E-state index in [1.165, 1.54) is 19.3 Å². The zero-order valence-electron chi connectivity index (χ0n) is 11.5. The number of rotatable bonds is 3. The molecule has 0 aromatic rings. The second-order valence-electron chi connectivity index (χ2n) is 5.98. The second kappa shape index (κ2) is 6.53. The summed E-state index contributed by atoms with van der Waals surface area (Å²) in [6.45, 7) is 3.20. The van der Waals surface area contributed by atoms with E-state index in [0.29, 0.717) is 6.04 Å². The molecule has 18 heavy (non-hydrogen) atoms. The van der Waals surface area contributed by atoms with Gasteiger partial charge < -0.3 is 16.4 Å². The number of hydrogen-bond acceptors (Lipinski definition) is 3. The molecule has 0 radical (unpaired) electrons. The normalized spacial score (nSPS) is 34.9. The maximum atomic E-state index is 12.2. The van der Waals surface area contributed by atoms with Gasteiger partial charge in [0.2, 0.25) is 5.91 Å². The first-order valence-electron chi connectivity index (χ1n) is 7.46. The van der Waals surface area contributed by atoms with Crippen LogP contribution < -0.4 is 16.4 Å². The molecule has 2 fully saturated rings. The number of carbonyl (C=O) groups excluding carboxylic acids is 1. The zero-order chi connectivity index (χ0) is 13.0. The highest BCUT2D eigenvalue weighted by Gasteiger charge is 2.28. The van der Waals surface area contributed by atoms with Crippen molar-refractivity contribution in [3.05, 3.63) is 0 Å². The largest absolute Gasteiger partial charge is 0.352 e. The van der Waals surface area contributed by atoms with Crippen LogP contribution in [0.15, 0.2) is 0 Å². The van der Waals surface area contributed by atoms with Crippen LogP contribution in [0.25, 0.3) is 0 Å². The van der Waals surface area contributed by atoms with Gasteiger partial charge in [-0.05, 0) is 45.6 Å². The van der Waals surface area contributed by atoms with Crippen LogP contribution in [0, 0.1) is 5.92 Å². The van der Waals surface area contributed by atoms with Crippen molar-refractivity contribution in [2.45, 2.75) is 70.0 Å². The van der Waals surface area contributed by atoms with E-state index in [4.69, 9.17) is 5.73 Å². The fourth-order valence-corrected chi connectivity index (χ4v) is 3.21. The highest BCUT2D eigenvalue weighted by molar-refractivity contribution is 5.79. The van der Waals surface area contributed by atoms with Crippen molar-refractivity contribution in [2.24, 2.45) is 11.7 Å². The summed E-state index contributed by atoms with van der Waals surface area (Å²) in [5.74, 6) is 0.352. The van der Waals surface area contributed by atoms with E-state index in [9.17, 15) is 4.79 Å². The summed E-state index contributed by atoms with van der Waals surface area (Å²) < 4.78 is 0. The highest BCUT2D eigenvalue weighted by atomic mass is 16.1. The van der Waals surface area contributed by atoms with E-state index in [1.807, 2.05) is 0 Å². The summed E-state index contributed by atoms with van der Waals surface area (Å²) in [6, 6.07) is 0.897. The van der Waals surface area contributed by atoms with Crippen molar-refractivity contribution < 1.29 is 4.79 Å². The van der Waals surface area contributed by atoms with Gasteiger partial charge in [0.05, 0.1) is 0 Å². The first kappa shape index (κ1) is 13.8. The SMILES string of the molecule is C[C@H](NC(=O)[C@@H]1CCC[C@H](N)C1)[C@H]1CCCCN1. The molecule has 1 saturated heterocycles. The Balaban J connectivity index is 1.78. The van der Waals surface area contributed by atoms with E-state index in [0.717, 1.165) is 32.2 Å². The third-order valence-corrected chi connectivity index (χ3v) is 4.41. The van der Waals surface area contributed by atoms with E-state index in [2.05, 4.69) is 17.6 Å². The van der Waals surface area contributed by atoms with Crippen molar-refractivity contribution in [3.8, 4) is 0 Å². The standard InChI is InChI=1S/C14H27N3O/c1-10(13-7-2-3-8-16-13)17-14(18)11-5-4-6-12(15)9-11/h10-13,16H,2-9,15H2,1H3,(H,17,18)/t10-,11+,12-,13+/m0/s1. The molecule has 4 nitrogen and oxygen atoms in total. The molecular formula is C14H27N3O. The summed E-state index contributed by atoms with van der Waals surface area (Å²) in [7, 11) is 0. The lowest BCUT2D eigenvalue weighted by molar-refractivity contribution is -0.127. The number of nitrogens with one attached hydrogen (secondary N) is 2. The van der Waals surface area contributed by atoms with Gasteiger partial charge in [-0.1, -0.05) is 12.8 Å². The molecule has 0 unspecified atom stereocenters. The predicted octanol–water partition coefficient (Wildman–Crippen LogP) is 1.15. The molecule has 1 heterocycles. The highest BCUT2D eigenvalue weighted by Crippen LogP contribution is 2.23. The minimum Gasteiger partial charge on any atom is -0.352 e. The van der Waals surface area contributed by atoms with Gasteiger partial charge in [0.15, 0.2) is 0 Å². The Morgan fingerprint density at radius 1 is 1.28 bits per heavy atom. The molecule has 4 heteroatoms. The zero-order valence-corrected chi connectivity index (χ0v) is 11.5. The maximum Gasteiger partial charge on any atom is 0.223 e. The molecule has 2 rings (SSSR count). The Hall–Kier alpha value is -0.610. The van der Waals surface area contributed by atoms with Gasteiger partial charge >= 0.3 is 0 Å². The lowest BCUT2D eigenvalue weighted by Crippen LogP contribution is -2.52. The molecule has 0 spiro atoms. The first-order chi connectivity index (χ1) is 8.66. The number of amides is 1. The van der Waals surface area contributed by atoms with Crippen LogP contribution in [0.4, 0.5) is 0 Å². The monoisotopic (exact) mass is 253 g/mol. The summed E-state index contributed by atoms with van der Waals surface area (Å²) in [6.07, 6.45) is 7.73. The maximum absolute atomic E-state index is 12.2. The Bertz CT molecular complexity index is 276. The van der Waals surface area contributed by atoms with Crippen LogP contribution in [0.2, 0.25) is 0 Å². The van der Waals surface area contributed by atoms with E-state index >= 15 is 0 Å². The van der Waals surface area contributed by atoms with Gasteiger partial charge in [0.25, 0.3) is 0 Å². The molecule has 0 aromatic carbocycles. The van der Waals surface area contributed by atoms with Crippen LogP contribution in [0.3, 0.4) is 0 Å². The smallest absolute Gasteiger partial charge is 0.223 e. The van der Waals surface area contributed by atoms with Crippen molar-refractivity contribution in [3.63, 3.8) is 0 Å². The number of piperidine rings is 1. The molecule has 104 valence electrons. The van der Waals surface area contributed by atoms with Gasteiger partial charge in [-0.2, -0.15) is 0 Å². The van der Waals surface area contributed by atoms with E-state index in [1.54, 1.807) is 0 Å². The molecular weight excluding hydrogens is 226 g/mol. The molecule has 1 aliphatic carbocycles. The van der Waals surface area contributed by atoms with E-state index in [-0.39, 0.29) is 23.9 Å². The number of carbonyl (C=O) groups is 1. The summed E-state index contributed by atoms with van der Waals surface area (Å²) in [4.78, 5) is 12.2. The van der Waals surface area contributed by atoms with Gasteiger partial charge in [-0.3, -0.25) is 4.79 Å². The van der Waals surface area contributed by atoms with Crippen LogP contribution in [-0.4, -0.2) is 30.6 Å². The Morgan fingerprint density at radius 2 is 2.11 bits per heavy atom. The lowest BCUT2D eigenvalue weighted by Gasteiger charge is -2.32.